The van der Waals surface area contributed by atoms with Crippen LogP contribution in [0.3, 0.4) is 0 Å². The molecule has 1 fully saturated rings. The lowest BCUT2D eigenvalue weighted by molar-refractivity contribution is -0.122. The van der Waals surface area contributed by atoms with E-state index >= 15 is 0 Å². The number of amides is 2. The van der Waals surface area contributed by atoms with Crippen molar-refractivity contribution in [2.24, 2.45) is 11.8 Å². The molecule has 2 N–H and O–H groups in total. The smallest absolute Gasteiger partial charge is 0.228 e. The van der Waals surface area contributed by atoms with Gasteiger partial charge in [-0.25, -0.2) is 0 Å². The summed E-state index contributed by atoms with van der Waals surface area (Å²) in [5.41, 5.74) is 4.82. The summed E-state index contributed by atoms with van der Waals surface area (Å²) >= 11 is 0. The van der Waals surface area contributed by atoms with Crippen LogP contribution >= 0.6 is 0 Å². The Morgan fingerprint density at radius 1 is 0.893 bits per heavy atom. The average molecular weight is 380 g/mol. The second-order valence-corrected chi connectivity index (χ2v) is 7.41. The van der Waals surface area contributed by atoms with Gasteiger partial charge in [-0.3, -0.25) is 9.59 Å². The van der Waals surface area contributed by atoms with Crippen molar-refractivity contribution >= 4 is 28.9 Å². The molecule has 148 valence electrons. The van der Waals surface area contributed by atoms with Gasteiger partial charge in [0.15, 0.2) is 0 Å². The number of carbonyl (C=O) groups is 2. The van der Waals surface area contributed by atoms with Crippen molar-refractivity contribution in [1.82, 2.24) is 0 Å². The summed E-state index contributed by atoms with van der Waals surface area (Å²) in [7, 11) is 0. The van der Waals surface area contributed by atoms with E-state index in [0.29, 0.717) is 6.42 Å². The van der Waals surface area contributed by atoms with Gasteiger partial charge in [-0.1, -0.05) is 18.2 Å². The number of benzene rings is 2. The number of para-hydroxylation sites is 1. The van der Waals surface area contributed by atoms with Crippen LogP contribution in [0.5, 0.6) is 0 Å². The van der Waals surface area contributed by atoms with Crippen LogP contribution in [0, 0.1) is 25.7 Å². The number of aryl methyl sites for hydroxylation is 2. The number of nitrogens with zero attached hydrogens (tertiary/aromatic N) is 1. The number of nitrogens with one attached hydrogen (secondary N) is 2. The van der Waals surface area contributed by atoms with Crippen molar-refractivity contribution in [2.45, 2.75) is 34.1 Å². The standard InChI is InChI=1S/C23H29N3O2/c1-5-26(6-2)17-11-12-21(16(4)13-17)25-23(28)19-14-18(19)22(27)24-20-10-8-7-9-15(20)3/h7-13,18-19H,5-6,14H2,1-4H3,(H,24,27)(H,25,28). The molecular weight excluding hydrogens is 350 g/mol. The molecule has 2 aromatic carbocycles. The first-order valence-electron chi connectivity index (χ1n) is 9.97. The Labute approximate surface area is 167 Å². The van der Waals surface area contributed by atoms with Gasteiger partial charge >= 0.3 is 0 Å². The zero-order valence-electron chi connectivity index (χ0n) is 17.1. The predicted molar refractivity (Wildman–Crippen MR) is 115 cm³/mol. The first-order chi connectivity index (χ1) is 13.4. The predicted octanol–water partition coefficient (Wildman–Crippen LogP) is 4.36. The number of carbonyl (C=O) groups excluding carboxylic acids is 2. The lowest BCUT2D eigenvalue weighted by atomic mass is 10.1. The summed E-state index contributed by atoms with van der Waals surface area (Å²) in [6, 6.07) is 13.7. The van der Waals surface area contributed by atoms with Gasteiger partial charge in [0, 0.05) is 30.2 Å². The summed E-state index contributed by atoms with van der Waals surface area (Å²) in [6.07, 6.45) is 0.597. The first-order valence-corrected chi connectivity index (χ1v) is 9.97. The third-order valence-electron chi connectivity index (χ3n) is 5.46. The van der Waals surface area contributed by atoms with E-state index in [4.69, 9.17) is 0 Å². The van der Waals surface area contributed by atoms with Crippen LogP contribution in [0.15, 0.2) is 42.5 Å². The van der Waals surface area contributed by atoms with Crippen molar-refractivity contribution in [3.63, 3.8) is 0 Å². The lowest BCUT2D eigenvalue weighted by Gasteiger charge is -2.22. The second-order valence-electron chi connectivity index (χ2n) is 7.41. The summed E-state index contributed by atoms with van der Waals surface area (Å²) in [5, 5.41) is 5.94. The molecule has 0 bridgehead atoms. The van der Waals surface area contributed by atoms with Crippen LogP contribution in [-0.2, 0) is 9.59 Å². The Morgan fingerprint density at radius 3 is 2.00 bits per heavy atom. The largest absolute Gasteiger partial charge is 0.372 e. The fourth-order valence-electron chi connectivity index (χ4n) is 3.51. The van der Waals surface area contributed by atoms with E-state index in [1.807, 2.05) is 50.2 Å². The third-order valence-corrected chi connectivity index (χ3v) is 5.46. The van der Waals surface area contributed by atoms with Gasteiger partial charge in [-0.05, 0) is 69.5 Å². The molecule has 1 aliphatic rings. The summed E-state index contributed by atoms with van der Waals surface area (Å²) in [4.78, 5) is 27.3. The summed E-state index contributed by atoms with van der Waals surface area (Å²) in [5.74, 6) is -0.674. The zero-order valence-corrected chi connectivity index (χ0v) is 17.1. The Kier molecular flexibility index (Phi) is 6.02. The van der Waals surface area contributed by atoms with E-state index < -0.39 is 0 Å². The monoisotopic (exact) mass is 379 g/mol. The van der Waals surface area contributed by atoms with E-state index in [9.17, 15) is 9.59 Å². The zero-order chi connectivity index (χ0) is 20.3. The number of hydrogen-bond donors (Lipinski definition) is 2. The molecule has 5 nitrogen and oxygen atoms in total. The molecule has 1 aliphatic carbocycles. The van der Waals surface area contributed by atoms with E-state index in [1.54, 1.807) is 0 Å². The second kappa shape index (κ2) is 8.46. The molecule has 0 saturated heterocycles. The van der Waals surface area contributed by atoms with Crippen molar-refractivity contribution in [3.8, 4) is 0 Å². The highest BCUT2D eigenvalue weighted by molar-refractivity contribution is 6.03. The van der Waals surface area contributed by atoms with Crippen molar-refractivity contribution in [2.75, 3.05) is 28.6 Å². The molecular formula is C23H29N3O2. The minimum atomic E-state index is -0.258. The quantitative estimate of drug-likeness (QED) is 0.751. The Morgan fingerprint density at radius 2 is 1.46 bits per heavy atom. The minimum Gasteiger partial charge on any atom is -0.372 e. The van der Waals surface area contributed by atoms with E-state index in [-0.39, 0.29) is 23.7 Å². The van der Waals surface area contributed by atoms with Crippen molar-refractivity contribution < 1.29 is 9.59 Å². The molecule has 2 aromatic rings. The van der Waals surface area contributed by atoms with Gasteiger partial charge in [-0.15, -0.1) is 0 Å². The number of anilines is 3. The van der Waals surface area contributed by atoms with Crippen LogP contribution in [0.1, 0.15) is 31.4 Å². The highest BCUT2D eigenvalue weighted by Crippen LogP contribution is 2.40. The normalized spacial score (nSPS) is 17.7. The number of hydrogen-bond acceptors (Lipinski definition) is 3. The lowest BCUT2D eigenvalue weighted by Crippen LogP contribution is -2.22. The van der Waals surface area contributed by atoms with Crippen LogP contribution in [0.2, 0.25) is 0 Å². The van der Waals surface area contributed by atoms with Crippen LogP contribution in [0.4, 0.5) is 17.1 Å². The Bertz CT molecular complexity index is 874. The Balaban J connectivity index is 1.59. The van der Waals surface area contributed by atoms with Gasteiger partial charge in [0.25, 0.3) is 0 Å². The van der Waals surface area contributed by atoms with Crippen LogP contribution in [-0.4, -0.2) is 24.9 Å². The minimum absolute atomic E-state index is 0.0800. The molecule has 0 aromatic heterocycles. The fraction of sp³-hybridized carbons (Fsp3) is 0.391. The van der Waals surface area contributed by atoms with Gasteiger partial charge in [0.05, 0.1) is 11.8 Å². The highest BCUT2D eigenvalue weighted by atomic mass is 16.2. The molecule has 2 amide bonds. The molecule has 28 heavy (non-hydrogen) atoms. The number of rotatable bonds is 7. The van der Waals surface area contributed by atoms with Gasteiger partial charge < -0.3 is 15.5 Å². The topological polar surface area (TPSA) is 61.4 Å². The molecule has 2 atom stereocenters. The van der Waals surface area contributed by atoms with Crippen LogP contribution in [0.25, 0.3) is 0 Å². The SMILES string of the molecule is CCN(CC)c1ccc(NC(=O)C2CC2C(=O)Nc2ccccc2C)c(C)c1. The maximum absolute atomic E-state index is 12.6. The summed E-state index contributed by atoms with van der Waals surface area (Å²) < 4.78 is 0. The molecule has 3 rings (SSSR count). The van der Waals surface area contributed by atoms with Crippen LogP contribution < -0.4 is 15.5 Å². The van der Waals surface area contributed by atoms with E-state index in [1.165, 1.54) is 0 Å². The highest BCUT2D eigenvalue weighted by Gasteiger charge is 2.48. The molecule has 5 heteroatoms. The molecule has 0 aliphatic heterocycles. The van der Waals surface area contributed by atoms with Gasteiger partial charge in [-0.2, -0.15) is 0 Å². The van der Waals surface area contributed by atoms with Crippen molar-refractivity contribution in [1.29, 1.82) is 0 Å². The molecule has 1 saturated carbocycles. The maximum Gasteiger partial charge on any atom is 0.228 e. The van der Waals surface area contributed by atoms with Crippen molar-refractivity contribution in [3.05, 3.63) is 53.6 Å². The maximum atomic E-state index is 12.6. The van der Waals surface area contributed by atoms with E-state index in [2.05, 4.69) is 35.4 Å². The molecule has 0 radical (unpaired) electrons. The van der Waals surface area contributed by atoms with Gasteiger partial charge in [0.1, 0.15) is 0 Å². The molecule has 2 unspecified atom stereocenters. The average Bonchev–Trinajstić information content (AvgIpc) is 3.48. The fourth-order valence-corrected chi connectivity index (χ4v) is 3.51. The molecule has 0 spiro atoms. The van der Waals surface area contributed by atoms with E-state index in [0.717, 1.165) is 41.3 Å². The molecule has 0 heterocycles. The summed E-state index contributed by atoms with van der Waals surface area (Å²) in [6.45, 7) is 10.1. The van der Waals surface area contributed by atoms with Gasteiger partial charge in [0.2, 0.25) is 11.8 Å². The first kappa shape index (κ1) is 19.9. The third kappa shape index (κ3) is 4.35. The Hall–Kier alpha value is -2.82.